The van der Waals surface area contributed by atoms with E-state index in [1.807, 2.05) is 30.3 Å². The van der Waals surface area contributed by atoms with Crippen molar-refractivity contribution in [2.75, 3.05) is 13.2 Å². The summed E-state index contributed by atoms with van der Waals surface area (Å²) >= 11 is 0. The van der Waals surface area contributed by atoms with Crippen molar-refractivity contribution in [3.05, 3.63) is 90.0 Å². The largest absolute Gasteiger partial charge is 0.493 e. The minimum absolute atomic E-state index is 0.165. The average Bonchev–Trinajstić information content (AvgIpc) is 3.21. The normalized spacial score (nSPS) is 11.1. The van der Waals surface area contributed by atoms with Crippen LogP contribution in [0.5, 0.6) is 5.75 Å². The summed E-state index contributed by atoms with van der Waals surface area (Å²) in [6.45, 7) is 6.43. The van der Waals surface area contributed by atoms with E-state index in [0.717, 1.165) is 42.0 Å². The Balaban J connectivity index is 1.33. The highest BCUT2D eigenvalue weighted by molar-refractivity contribution is 5.92. The van der Waals surface area contributed by atoms with Crippen LogP contribution in [0.15, 0.2) is 72.9 Å². The fourth-order valence-electron chi connectivity index (χ4n) is 4.08. The predicted octanol–water partition coefficient (Wildman–Crippen LogP) is 5.39. The molecule has 176 valence electrons. The zero-order chi connectivity index (χ0) is 23.8. The number of amides is 1. The van der Waals surface area contributed by atoms with Gasteiger partial charge >= 0.3 is 0 Å². The molecule has 2 heterocycles. The van der Waals surface area contributed by atoms with Crippen LogP contribution in [0.2, 0.25) is 0 Å². The number of para-hydroxylation sites is 3. The minimum Gasteiger partial charge on any atom is -0.493 e. The van der Waals surface area contributed by atoms with Crippen LogP contribution < -0.4 is 10.1 Å². The molecule has 4 rings (SSSR count). The lowest BCUT2D eigenvalue weighted by molar-refractivity contribution is 0.0949. The molecular weight excluding hydrogens is 424 g/mol. The Labute approximate surface area is 201 Å². The van der Waals surface area contributed by atoms with Gasteiger partial charge in [0.1, 0.15) is 17.3 Å². The number of imidazole rings is 1. The maximum absolute atomic E-state index is 12.3. The number of aryl methyl sites for hydroxylation is 1. The first-order valence-corrected chi connectivity index (χ1v) is 12.0. The lowest BCUT2D eigenvalue weighted by Crippen LogP contribution is -2.27. The second kappa shape index (κ2) is 11.5. The molecule has 0 radical (unpaired) electrons. The smallest absolute Gasteiger partial charge is 0.269 e. The number of carbonyl (C=O) groups excluding carboxylic acids is 1. The summed E-state index contributed by atoms with van der Waals surface area (Å²) in [6, 6.07) is 21.8. The van der Waals surface area contributed by atoms with Gasteiger partial charge in [0.2, 0.25) is 0 Å². The van der Waals surface area contributed by atoms with Crippen LogP contribution in [-0.4, -0.2) is 33.6 Å². The predicted molar refractivity (Wildman–Crippen MR) is 135 cm³/mol. The second-order valence-electron chi connectivity index (χ2n) is 8.64. The molecule has 4 aromatic rings. The molecule has 2 aromatic carbocycles. The number of unbranched alkanes of at least 4 members (excludes halogenated alkanes) is 1. The van der Waals surface area contributed by atoms with Crippen molar-refractivity contribution >= 4 is 16.9 Å². The van der Waals surface area contributed by atoms with Gasteiger partial charge in [0, 0.05) is 25.7 Å². The molecule has 0 bridgehead atoms. The number of ether oxygens (including phenoxy) is 1. The molecule has 6 nitrogen and oxygen atoms in total. The van der Waals surface area contributed by atoms with Crippen LogP contribution in [0.4, 0.5) is 0 Å². The Bertz CT molecular complexity index is 1220. The highest BCUT2D eigenvalue weighted by Gasteiger charge is 2.12. The SMILES string of the molecule is CC(C)c1ccccc1OCCCCn1c(CCNC(=O)c2ccccn2)nc2ccccc21. The van der Waals surface area contributed by atoms with Crippen LogP contribution in [0, 0.1) is 0 Å². The highest BCUT2D eigenvalue weighted by atomic mass is 16.5. The summed E-state index contributed by atoms with van der Waals surface area (Å²) in [4.78, 5) is 21.2. The third-order valence-corrected chi connectivity index (χ3v) is 5.84. The number of hydrogen-bond donors (Lipinski definition) is 1. The quantitative estimate of drug-likeness (QED) is 0.307. The maximum Gasteiger partial charge on any atom is 0.269 e. The summed E-state index contributed by atoms with van der Waals surface area (Å²) in [5.74, 6) is 2.24. The van der Waals surface area contributed by atoms with E-state index in [0.29, 0.717) is 31.2 Å². The first-order chi connectivity index (χ1) is 16.6. The molecule has 1 amide bonds. The number of fused-ring (bicyclic) bond motifs is 1. The maximum atomic E-state index is 12.3. The molecular formula is C28H32N4O2. The molecule has 34 heavy (non-hydrogen) atoms. The van der Waals surface area contributed by atoms with Gasteiger partial charge in [0.15, 0.2) is 0 Å². The highest BCUT2D eigenvalue weighted by Crippen LogP contribution is 2.26. The number of aromatic nitrogens is 3. The van der Waals surface area contributed by atoms with Gasteiger partial charge in [-0.15, -0.1) is 0 Å². The van der Waals surface area contributed by atoms with E-state index in [1.165, 1.54) is 5.56 Å². The number of carbonyl (C=O) groups is 1. The molecule has 0 saturated heterocycles. The summed E-state index contributed by atoms with van der Waals surface area (Å²) < 4.78 is 8.36. The lowest BCUT2D eigenvalue weighted by atomic mass is 10.0. The Morgan fingerprint density at radius 3 is 2.62 bits per heavy atom. The first kappa shape index (κ1) is 23.5. The van der Waals surface area contributed by atoms with Gasteiger partial charge in [-0.3, -0.25) is 9.78 Å². The average molecular weight is 457 g/mol. The fourth-order valence-corrected chi connectivity index (χ4v) is 4.08. The number of benzene rings is 2. The molecule has 0 atom stereocenters. The van der Waals surface area contributed by atoms with Gasteiger partial charge in [-0.05, 0) is 54.7 Å². The molecule has 0 unspecified atom stereocenters. The van der Waals surface area contributed by atoms with E-state index in [1.54, 1.807) is 18.3 Å². The van der Waals surface area contributed by atoms with Crippen LogP contribution in [0.25, 0.3) is 11.0 Å². The molecule has 6 heteroatoms. The van der Waals surface area contributed by atoms with Gasteiger partial charge < -0.3 is 14.6 Å². The number of hydrogen-bond acceptors (Lipinski definition) is 4. The van der Waals surface area contributed by atoms with E-state index in [9.17, 15) is 4.79 Å². The van der Waals surface area contributed by atoms with Crippen molar-refractivity contribution < 1.29 is 9.53 Å². The van der Waals surface area contributed by atoms with Crippen LogP contribution in [0.3, 0.4) is 0 Å². The zero-order valence-corrected chi connectivity index (χ0v) is 19.9. The van der Waals surface area contributed by atoms with Gasteiger partial charge in [0.05, 0.1) is 17.6 Å². The van der Waals surface area contributed by atoms with Crippen molar-refractivity contribution in [1.82, 2.24) is 19.9 Å². The fraction of sp³-hybridized carbons (Fsp3) is 0.321. The summed E-state index contributed by atoms with van der Waals surface area (Å²) in [5.41, 5.74) is 3.78. The lowest BCUT2D eigenvalue weighted by Gasteiger charge is -2.14. The van der Waals surface area contributed by atoms with Crippen molar-refractivity contribution in [3.8, 4) is 5.75 Å². The monoisotopic (exact) mass is 456 g/mol. The molecule has 0 fully saturated rings. The van der Waals surface area contributed by atoms with Crippen LogP contribution in [-0.2, 0) is 13.0 Å². The van der Waals surface area contributed by atoms with E-state index >= 15 is 0 Å². The van der Waals surface area contributed by atoms with Crippen LogP contribution >= 0.6 is 0 Å². The summed E-state index contributed by atoms with van der Waals surface area (Å²) in [7, 11) is 0. The molecule has 0 saturated carbocycles. The van der Waals surface area contributed by atoms with E-state index in [2.05, 4.69) is 53.0 Å². The molecule has 0 aliphatic rings. The van der Waals surface area contributed by atoms with E-state index < -0.39 is 0 Å². The minimum atomic E-state index is -0.165. The molecule has 1 N–H and O–H groups in total. The third-order valence-electron chi connectivity index (χ3n) is 5.84. The summed E-state index contributed by atoms with van der Waals surface area (Å²) in [5, 5.41) is 2.95. The number of rotatable bonds is 11. The van der Waals surface area contributed by atoms with E-state index in [4.69, 9.17) is 9.72 Å². The Morgan fingerprint density at radius 2 is 1.79 bits per heavy atom. The molecule has 0 spiro atoms. The number of nitrogens with one attached hydrogen (secondary N) is 1. The van der Waals surface area contributed by atoms with Crippen molar-refractivity contribution in [2.24, 2.45) is 0 Å². The van der Waals surface area contributed by atoms with E-state index in [-0.39, 0.29) is 5.91 Å². The molecule has 0 aliphatic heterocycles. The van der Waals surface area contributed by atoms with Crippen molar-refractivity contribution in [3.63, 3.8) is 0 Å². The number of nitrogens with zero attached hydrogens (tertiary/aromatic N) is 3. The standard InChI is InChI=1S/C28H32N4O2/c1-21(2)22-11-3-6-15-26(22)34-20-10-9-19-32-25-14-5-4-12-23(25)31-27(32)16-18-30-28(33)24-13-7-8-17-29-24/h3-8,11-15,17,21H,9-10,16,18-20H2,1-2H3,(H,30,33). The zero-order valence-electron chi connectivity index (χ0n) is 19.9. The van der Waals surface area contributed by atoms with Gasteiger partial charge in [-0.1, -0.05) is 50.2 Å². The Morgan fingerprint density at radius 1 is 1.00 bits per heavy atom. The van der Waals surface area contributed by atoms with Gasteiger partial charge in [0.25, 0.3) is 5.91 Å². The Kier molecular flexibility index (Phi) is 7.91. The topological polar surface area (TPSA) is 69.0 Å². The number of pyridine rings is 1. The van der Waals surface area contributed by atoms with Crippen LogP contribution in [0.1, 0.15) is 54.5 Å². The molecule has 0 aliphatic carbocycles. The van der Waals surface area contributed by atoms with Crippen molar-refractivity contribution in [2.45, 2.75) is 45.6 Å². The first-order valence-electron chi connectivity index (χ1n) is 12.0. The van der Waals surface area contributed by atoms with Crippen molar-refractivity contribution in [1.29, 1.82) is 0 Å². The van der Waals surface area contributed by atoms with Gasteiger partial charge in [-0.25, -0.2) is 4.98 Å². The second-order valence-corrected chi connectivity index (χ2v) is 8.64. The Hall–Kier alpha value is -3.67. The summed E-state index contributed by atoms with van der Waals surface area (Å²) in [6.07, 6.45) is 4.22. The van der Waals surface area contributed by atoms with Gasteiger partial charge in [-0.2, -0.15) is 0 Å². The molecule has 2 aromatic heterocycles. The third kappa shape index (κ3) is 5.81.